The van der Waals surface area contributed by atoms with Crippen LogP contribution in [0.3, 0.4) is 0 Å². The number of aliphatic imine (C=N–C) groups is 1. The van der Waals surface area contributed by atoms with Gasteiger partial charge < -0.3 is 29.6 Å². The Balaban J connectivity index is 1.60. The number of hydrogen-bond acceptors (Lipinski definition) is 7. The third-order valence-corrected chi connectivity index (χ3v) is 5.05. The minimum absolute atomic E-state index is 0.0977. The van der Waals surface area contributed by atoms with Crippen LogP contribution < -0.4 is 15.2 Å². The number of phenols is 1. The summed E-state index contributed by atoms with van der Waals surface area (Å²) in [5.41, 5.74) is 6.33. The van der Waals surface area contributed by atoms with E-state index < -0.39 is 23.7 Å². The number of phenolic OH excluding ortho intramolecular Hbond substituents is 1. The van der Waals surface area contributed by atoms with Gasteiger partial charge in [-0.05, 0) is 30.3 Å². The van der Waals surface area contributed by atoms with Crippen molar-refractivity contribution in [1.82, 2.24) is 9.55 Å². The smallest absolute Gasteiger partial charge is 0.317 e. The molecule has 34 heavy (non-hydrogen) atoms. The first-order valence-corrected chi connectivity index (χ1v) is 10.0. The number of aromatic hydroxyl groups is 1. The minimum Gasteiger partial charge on any atom is -0.504 e. The van der Waals surface area contributed by atoms with Crippen molar-refractivity contribution >= 4 is 12.1 Å². The molecule has 2 atom stereocenters. The van der Waals surface area contributed by atoms with E-state index in [0.717, 1.165) is 13.3 Å². The Morgan fingerprint density at radius 2 is 2.06 bits per heavy atom. The molecular weight excluding hydrogens is 448 g/mol. The molecule has 1 aliphatic heterocycles. The van der Waals surface area contributed by atoms with E-state index >= 15 is 8.78 Å². The first-order chi connectivity index (χ1) is 16.2. The standard InChI is InChI=1S/C23H21F2N5O4/c1-30-9-8-28-21(30)14-4-3-5-15(10-14)34-23(25)12-29-22(18(24)19(23)32-2)33-17-11-13(20(26)27)6-7-16(17)31/h3-12,19,31H,1-2H3,(H3,26,27). The van der Waals surface area contributed by atoms with Crippen LogP contribution in [0.25, 0.3) is 11.4 Å². The number of ether oxygens (including phenoxy) is 3. The zero-order valence-electron chi connectivity index (χ0n) is 18.2. The number of imidazole rings is 1. The van der Waals surface area contributed by atoms with Gasteiger partial charge in [-0.15, -0.1) is 0 Å². The molecule has 3 aromatic rings. The number of halogens is 2. The number of aromatic nitrogens is 2. The van der Waals surface area contributed by atoms with E-state index in [0.29, 0.717) is 11.4 Å². The molecule has 4 N–H and O–H groups in total. The van der Waals surface area contributed by atoms with E-state index in [1.165, 1.54) is 24.3 Å². The van der Waals surface area contributed by atoms with E-state index in [1.54, 1.807) is 35.2 Å². The van der Waals surface area contributed by atoms with E-state index in [2.05, 4.69) is 9.98 Å². The molecule has 0 aliphatic carbocycles. The highest BCUT2D eigenvalue weighted by Crippen LogP contribution is 2.37. The van der Waals surface area contributed by atoms with Gasteiger partial charge in [-0.2, -0.15) is 4.39 Å². The summed E-state index contributed by atoms with van der Waals surface area (Å²) in [6.07, 6.45) is 2.26. The van der Waals surface area contributed by atoms with E-state index in [1.807, 2.05) is 7.05 Å². The average molecular weight is 469 g/mol. The van der Waals surface area contributed by atoms with Crippen LogP contribution in [0.4, 0.5) is 8.78 Å². The Morgan fingerprint density at radius 3 is 2.74 bits per heavy atom. The number of aryl methyl sites for hydroxylation is 1. The van der Waals surface area contributed by atoms with Crippen molar-refractivity contribution in [1.29, 1.82) is 5.41 Å². The molecule has 1 aliphatic rings. The second-order valence-electron chi connectivity index (χ2n) is 7.41. The number of nitrogens with one attached hydrogen (secondary N) is 1. The van der Waals surface area contributed by atoms with Crippen molar-refractivity contribution in [3.05, 3.63) is 72.1 Å². The average Bonchev–Trinajstić information content (AvgIpc) is 3.23. The van der Waals surface area contributed by atoms with Crippen LogP contribution in [0.2, 0.25) is 0 Å². The molecule has 0 spiro atoms. The fraction of sp³-hybridized carbons (Fsp3) is 0.174. The quantitative estimate of drug-likeness (QED) is 0.359. The maximum absolute atomic E-state index is 15.7. The predicted octanol–water partition coefficient (Wildman–Crippen LogP) is 3.44. The van der Waals surface area contributed by atoms with Gasteiger partial charge in [0.05, 0.1) is 6.21 Å². The van der Waals surface area contributed by atoms with Crippen LogP contribution in [-0.2, 0) is 11.8 Å². The number of nitrogen functional groups attached to an aromatic ring is 1. The molecule has 0 bridgehead atoms. The minimum atomic E-state index is -2.80. The molecular formula is C23H21F2N5O4. The lowest BCUT2D eigenvalue weighted by Crippen LogP contribution is -2.49. The van der Waals surface area contributed by atoms with E-state index in [-0.39, 0.29) is 28.6 Å². The first kappa shape index (κ1) is 22.9. The van der Waals surface area contributed by atoms with E-state index in [4.69, 9.17) is 25.4 Å². The Hall–Kier alpha value is -4.25. The Morgan fingerprint density at radius 1 is 1.26 bits per heavy atom. The number of alkyl halides is 1. The lowest BCUT2D eigenvalue weighted by Gasteiger charge is -2.31. The molecule has 0 fully saturated rings. The van der Waals surface area contributed by atoms with Gasteiger partial charge in [-0.1, -0.05) is 12.1 Å². The maximum atomic E-state index is 15.7. The lowest BCUT2D eigenvalue weighted by atomic mass is 10.1. The summed E-state index contributed by atoms with van der Waals surface area (Å²) < 4.78 is 48.5. The second kappa shape index (κ2) is 8.94. The van der Waals surface area contributed by atoms with Gasteiger partial charge >= 0.3 is 5.85 Å². The van der Waals surface area contributed by atoms with Crippen LogP contribution in [0.15, 0.2) is 71.6 Å². The Bertz CT molecular complexity index is 1310. The number of nitrogens with zero attached hydrogens (tertiary/aromatic N) is 3. The topological polar surface area (TPSA) is 128 Å². The molecule has 2 aromatic carbocycles. The molecule has 0 saturated carbocycles. The number of benzene rings is 2. The molecule has 0 saturated heterocycles. The Kier molecular flexibility index (Phi) is 6.03. The van der Waals surface area contributed by atoms with Crippen LogP contribution in [-0.4, -0.2) is 45.8 Å². The predicted molar refractivity (Wildman–Crippen MR) is 120 cm³/mol. The second-order valence-corrected chi connectivity index (χ2v) is 7.41. The third kappa shape index (κ3) is 4.33. The number of amidine groups is 1. The van der Waals surface area contributed by atoms with Gasteiger partial charge in [0.2, 0.25) is 0 Å². The summed E-state index contributed by atoms with van der Waals surface area (Å²) in [4.78, 5) is 7.97. The van der Waals surface area contributed by atoms with Crippen LogP contribution in [0.1, 0.15) is 5.56 Å². The highest BCUT2D eigenvalue weighted by Gasteiger charge is 2.48. The van der Waals surface area contributed by atoms with Crippen molar-refractivity contribution in [3.8, 4) is 28.6 Å². The summed E-state index contributed by atoms with van der Waals surface area (Å²) in [6.45, 7) is 0. The molecule has 11 heteroatoms. The molecule has 9 nitrogen and oxygen atoms in total. The third-order valence-electron chi connectivity index (χ3n) is 5.05. The van der Waals surface area contributed by atoms with Crippen LogP contribution in [0, 0.1) is 5.41 Å². The highest BCUT2D eigenvalue weighted by atomic mass is 19.2. The molecule has 0 amide bonds. The summed E-state index contributed by atoms with van der Waals surface area (Å²) in [5, 5.41) is 17.5. The van der Waals surface area contributed by atoms with Gasteiger partial charge in [0, 0.05) is 37.7 Å². The number of rotatable bonds is 7. The lowest BCUT2D eigenvalue weighted by molar-refractivity contribution is -0.103. The molecule has 0 radical (unpaired) electrons. The SMILES string of the molecule is COC1C(F)=C(Oc2cc(C(=N)N)ccc2O)N=CC1(F)Oc1cccc(-c2nccn2C)c1. The normalized spacial score (nSPS) is 19.8. The van der Waals surface area contributed by atoms with Crippen molar-refractivity contribution in [2.24, 2.45) is 17.8 Å². The van der Waals surface area contributed by atoms with Gasteiger partial charge in [0.1, 0.15) is 17.4 Å². The number of hydrogen-bond donors (Lipinski definition) is 3. The molecule has 4 rings (SSSR count). The summed E-state index contributed by atoms with van der Waals surface area (Å²) in [5.74, 6) is -4.76. The fourth-order valence-corrected chi connectivity index (χ4v) is 3.37. The molecule has 2 heterocycles. The number of methoxy groups -OCH3 is 1. The van der Waals surface area contributed by atoms with Crippen molar-refractivity contribution in [2.45, 2.75) is 12.0 Å². The van der Waals surface area contributed by atoms with Crippen molar-refractivity contribution in [3.63, 3.8) is 0 Å². The zero-order chi connectivity index (χ0) is 24.5. The highest BCUT2D eigenvalue weighted by molar-refractivity contribution is 5.95. The van der Waals surface area contributed by atoms with Gasteiger partial charge in [0.25, 0.3) is 5.88 Å². The monoisotopic (exact) mass is 469 g/mol. The van der Waals surface area contributed by atoms with Crippen molar-refractivity contribution in [2.75, 3.05) is 7.11 Å². The van der Waals surface area contributed by atoms with E-state index in [9.17, 15) is 5.11 Å². The van der Waals surface area contributed by atoms with Crippen LogP contribution >= 0.6 is 0 Å². The van der Waals surface area contributed by atoms with Gasteiger partial charge in [0.15, 0.2) is 23.4 Å². The fourth-order valence-electron chi connectivity index (χ4n) is 3.37. The summed E-state index contributed by atoms with van der Waals surface area (Å²) in [6, 6.07) is 10.3. The molecule has 1 aromatic heterocycles. The number of nitrogens with two attached hydrogens (primary N) is 1. The maximum Gasteiger partial charge on any atom is 0.317 e. The zero-order valence-corrected chi connectivity index (χ0v) is 18.2. The molecule has 176 valence electrons. The Labute approximate surface area is 193 Å². The summed E-state index contributed by atoms with van der Waals surface area (Å²) in [7, 11) is 2.92. The van der Waals surface area contributed by atoms with Crippen molar-refractivity contribution < 1.29 is 28.1 Å². The summed E-state index contributed by atoms with van der Waals surface area (Å²) >= 11 is 0. The largest absolute Gasteiger partial charge is 0.504 e. The van der Waals surface area contributed by atoms with Crippen LogP contribution in [0.5, 0.6) is 17.2 Å². The molecule has 2 unspecified atom stereocenters. The first-order valence-electron chi connectivity index (χ1n) is 10.0. The van der Waals surface area contributed by atoms with Gasteiger partial charge in [-0.3, -0.25) is 5.41 Å². The van der Waals surface area contributed by atoms with Gasteiger partial charge in [-0.25, -0.2) is 14.4 Å².